The Morgan fingerprint density at radius 2 is 0.864 bits per heavy atom. The summed E-state index contributed by atoms with van der Waals surface area (Å²) in [4.78, 5) is 0. The molecule has 0 unspecified atom stereocenters. The van der Waals surface area contributed by atoms with Crippen LogP contribution in [0.1, 0.15) is 22.6 Å². The van der Waals surface area contributed by atoms with Gasteiger partial charge in [-0.15, -0.1) is 0 Å². The van der Waals surface area contributed by atoms with Crippen molar-refractivity contribution >= 4 is 5.69 Å². The van der Waals surface area contributed by atoms with Crippen LogP contribution in [-0.4, -0.2) is 10.2 Å². The van der Waals surface area contributed by atoms with Crippen LogP contribution in [0.4, 0.5) is 5.69 Å². The van der Waals surface area contributed by atoms with E-state index in [1.165, 1.54) is 0 Å². The zero-order valence-electron chi connectivity index (χ0n) is 12.0. The second-order valence-electron chi connectivity index (χ2n) is 5.28. The predicted octanol–water partition coefficient (Wildman–Crippen LogP) is 3.86. The summed E-state index contributed by atoms with van der Waals surface area (Å²) in [6, 6.07) is 22.1. The third kappa shape index (κ3) is 2.88. The fourth-order valence-electron chi connectivity index (χ4n) is 2.60. The van der Waals surface area contributed by atoms with E-state index in [2.05, 4.69) is 0 Å². The molecule has 0 fully saturated rings. The Morgan fingerprint density at radius 1 is 0.545 bits per heavy atom. The van der Waals surface area contributed by atoms with E-state index in [0.29, 0.717) is 0 Å². The second-order valence-corrected chi connectivity index (χ2v) is 5.28. The molecule has 0 saturated carbocycles. The molecule has 3 rings (SSSR count). The molecule has 22 heavy (non-hydrogen) atoms. The molecule has 0 spiro atoms. The van der Waals surface area contributed by atoms with Gasteiger partial charge in [0.2, 0.25) is 0 Å². The molecule has 0 aliphatic rings. The molecule has 0 aliphatic carbocycles. The highest BCUT2D eigenvalue weighted by molar-refractivity contribution is 5.48. The van der Waals surface area contributed by atoms with Crippen LogP contribution in [0.5, 0.6) is 11.5 Å². The molecule has 0 aliphatic heterocycles. The van der Waals surface area contributed by atoms with Gasteiger partial charge in [0.05, 0.1) is 0 Å². The average Bonchev–Trinajstić information content (AvgIpc) is 2.53. The number of nitrogen functional groups attached to an aromatic ring is 1. The number of benzene rings is 3. The largest absolute Gasteiger partial charge is 0.508 e. The van der Waals surface area contributed by atoms with Gasteiger partial charge >= 0.3 is 0 Å². The third-order valence-corrected chi connectivity index (χ3v) is 3.72. The summed E-state index contributed by atoms with van der Waals surface area (Å²) >= 11 is 0. The minimum Gasteiger partial charge on any atom is -0.508 e. The molecule has 0 heterocycles. The minimum absolute atomic E-state index is 0.0156. The Balaban J connectivity index is 2.10. The summed E-state index contributed by atoms with van der Waals surface area (Å²) in [5, 5.41) is 19.0. The van der Waals surface area contributed by atoms with E-state index in [1.54, 1.807) is 24.3 Å². The van der Waals surface area contributed by atoms with Gasteiger partial charge in [-0.1, -0.05) is 36.4 Å². The van der Waals surface area contributed by atoms with Crippen LogP contribution in [0.25, 0.3) is 0 Å². The fraction of sp³-hybridized carbons (Fsp3) is 0.0526. The molecular formula is C19H17NO2. The number of phenolic OH excluding ortho intramolecular Hbond substituents is 2. The second kappa shape index (κ2) is 5.82. The van der Waals surface area contributed by atoms with Crippen molar-refractivity contribution in [1.82, 2.24) is 0 Å². The molecule has 0 amide bonds. The maximum absolute atomic E-state index is 9.50. The van der Waals surface area contributed by atoms with E-state index in [4.69, 9.17) is 5.73 Å². The van der Waals surface area contributed by atoms with Crippen molar-refractivity contribution in [2.24, 2.45) is 0 Å². The van der Waals surface area contributed by atoms with Gasteiger partial charge in [-0.25, -0.2) is 0 Å². The number of anilines is 1. The third-order valence-electron chi connectivity index (χ3n) is 3.72. The first-order chi connectivity index (χ1) is 10.6. The maximum Gasteiger partial charge on any atom is 0.115 e. The summed E-state index contributed by atoms with van der Waals surface area (Å²) < 4.78 is 0. The van der Waals surface area contributed by atoms with Crippen molar-refractivity contribution in [3.63, 3.8) is 0 Å². The molecule has 3 aromatic carbocycles. The Bertz CT molecular complexity index is 639. The van der Waals surface area contributed by atoms with E-state index in [-0.39, 0.29) is 17.4 Å². The topological polar surface area (TPSA) is 66.5 Å². The maximum atomic E-state index is 9.50. The average molecular weight is 291 g/mol. The quantitative estimate of drug-likeness (QED) is 0.507. The Morgan fingerprint density at radius 3 is 1.23 bits per heavy atom. The van der Waals surface area contributed by atoms with Crippen LogP contribution in [0.2, 0.25) is 0 Å². The highest BCUT2D eigenvalue weighted by Gasteiger charge is 2.16. The van der Waals surface area contributed by atoms with E-state index >= 15 is 0 Å². The first kappa shape index (κ1) is 14.0. The number of hydrogen-bond donors (Lipinski definition) is 3. The van der Waals surface area contributed by atoms with E-state index in [1.807, 2.05) is 48.5 Å². The van der Waals surface area contributed by atoms with Crippen LogP contribution in [0.15, 0.2) is 72.8 Å². The Labute approximate surface area is 129 Å². The van der Waals surface area contributed by atoms with Gasteiger partial charge in [0.1, 0.15) is 11.5 Å². The molecular weight excluding hydrogens is 274 g/mol. The lowest BCUT2D eigenvalue weighted by Crippen LogP contribution is -2.03. The monoisotopic (exact) mass is 291 g/mol. The molecule has 0 saturated heterocycles. The molecule has 4 N–H and O–H groups in total. The zero-order valence-corrected chi connectivity index (χ0v) is 12.0. The van der Waals surface area contributed by atoms with Crippen LogP contribution in [0, 0.1) is 0 Å². The smallest absolute Gasteiger partial charge is 0.115 e. The van der Waals surface area contributed by atoms with E-state index < -0.39 is 0 Å². The lowest BCUT2D eigenvalue weighted by atomic mass is 9.85. The minimum atomic E-state index is 0.0156. The summed E-state index contributed by atoms with van der Waals surface area (Å²) in [5.74, 6) is 0.498. The summed E-state index contributed by atoms with van der Waals surface area (Å²) in [6.45, 7) is 0. The highest BCUT2D eigenvalue weighted by atomic mass is 16.3. The fourth-order valence-corrected chi connectivity index (χ4v) is 2.60. The molecule has 0 bridgehead atoms. The number of hydrogen-bond acceptors (Lipinski definition) is 3. The van der Waals surface area contributed by atoms with Crippen molar-refractivity contribution in [2.75, 3.05) is 5.73 Å². The van der Waals surface area contributed by atoms with Crippen LogP contribution >= 0.6 is 0 Å². The van der Waals surface area contributed by atoms with Gasteiger partial charge in [0.15, 0.2) is 0 Å². The molecule has 0 radical (unpaired) electrons. The molecule has 0 atom stereocenters. The van der Waals surface area contributed by atoms with Crippen molar-refractivity contribution in [1.29, 1.82) is 0 Å². The molecule has 3 aromatic rings. The zero-order chi connectivity index (χ0) is 15.5. The number of aromatic hydroxyl groups is 2. The molecule has 3 nitrogen and oxygen atoms in total. The first-order valence-electron chi connectivity index (χ1n) is 7.07. The predicted molar refractivity (Wildman–Crippen MR) is 88.0 cm³/mol. The Kier molecular flexibility index (Phi) is 3.71. The van der Waals surface area contributed by atoms with Gasteiger partial charge < -0.3 is 15.9 Å². The number of rotatable bonds is 3. The summed E-state index contributed by atoms with van der Waals surface area (Å²) in [6.07, 6.45) is 0. The lowest BCUT2D eigenvalue weighted by molar-refractivity contribution is 0.475. The van der Waals surface area contributed by atoms with Crippen molar-refractivity contribution in [3.05, 3.63) is 89.5 Å². The number of nitrogens with two attached hydrogens (primary N) is 1. The van der Waals surface area contributed by atoms with Crippen LogP contribution < -0.4 is 5.73 Å². The van der Waals surface area contributed by atoms with Gasteiger partial charge in [0.25, 0.3) is 0 Å². The van der Waals surface area contributed by atoms with Crippen LogP contribution in [0.3, 0.4) is 0 Å². The van der Waals surface area contributed by atoms with Crippen molar-refractivity contribution in [2.45, 2.75) is 5.92 Å². The number of phenols is 2. The van der Waals surface area contributed by atoms with Gasteiger partial charge in [-0.05, 0) is 53.1 Å². The summed E-state index contributed by atoms with van der Waals surface area (Å²) in [5.41, 5.74) is 9.73. The molecule has 0 aromatic heterocycles. The van der Waals surface area contributed by atoms with Gasteiger partial charge in [0, 0.05) is 11.6 Å². The van der Waals surface area contributed by atoms with E-state index in [0.717, 1.165) is 22.4 Å². The first-order valence-corrected chi connectivity index (χ1v) is 7.07. The van der Waals surface area contributed by atoms with E-state index in [9.17, 15) is 10.2 Å². The molecule has 3 heteroatoms. The summed E-state index contributed by atoms with van der Waals surface area (Å²) in [7, 11) is 0. The van der Waals surface area contributed by atoms with Crippen molar-refractivity contribution in [3.8, 4) is 11.5 Å². The molecule has 110 valence electrons. The van der Waals surface area contributed by atoms with Crippen LogP contribution in [-0.2, 0) is 0 Å². The normalized spacial score (nSPS) is 10.8. The standard InChI is InChI=1S/C19H17NO2/c20-16-7-1-13(2-8-16)19(14-3-9-17(21)10-4-14)15-5-11-18(22)12-6-15/h1-12,19,21-22H,20H2. The highest BCUT2D eigenvalue weighted by Crippen LogP contribution is 2.33. The van der Waals surface area contributed by atoms with Gasteiger partial charge in [-0.3, -0.25) is 0 Å². The lowest BCUT2D eigenvalue weighted by Gasteiger charge is -2.19. The Hall–Kier alpha value is -2.94. The van der Waals surface area contributed by atoms with Gasteiger partial charge in [-0.2, -0.15) is 0 Å². The van der Waals surface area contributed by atoms with Crippen molar-refractivity contribution < 1.29 is 10.2 Å². The SMILES string of the molecule is Nc1ccc(C(c2ccc(O)cc2)c2ccc(O)cc2)cc1.